The van der Waals surface area contributed by atoms with Gasteiger partial charge in [0.1, 0.15) is 0 Å². The first kappa shape index (κ1) is 14.9. The van der Waals surface area contributed by atoms with Gasteiger partial charge in [0, 0.05) is 19.9 Å². The van der Waals surface area contributed by atoms with Crippen LogP contribution < -0.4 is 0 Å². The monoisotopic (exact) mass is 421 g/mol. The number of nitrogens with one attached hydrogen (secondary N) is 1. The molecule has 0 saturated heterocycles. The van der Waals surface area contributed by atoms with E-state index in [-0.39, 0.29) is 11.6 Å². The summed E-state index contributed by atoms with van der Waals surface area (Å²) in [6.45, 7) is 0. The average Bonchev–Trinajstić information content (AvgIpc) is 2.80. The molecule has 0 aliphatic rings. The van der Waals surface area contributed by atoms with E-state index in [2.05, 4.69) is 47.1 Å². The number of hydrogen-bond donors (Lipinski definition) is 2. The minimum absolute atomic E-state index is 0.125. The number of aromatic hydroxyl groups is 1. The van der Waals surface area contributed by atoms with E-state index in [1.807, 2.05) is 6.07 Å². The zero-order valence-electron chi connectivity index (χ0n) is 11.0. The first-order chi connectivity index (χ1) is 10.5. The summed E-state index contributed by atoms with van der Waals surface area (Å²) >= 11 is 6.66. The van der Waals surface area contributed by atoms with E-state index in [1.165, 1.54) is 0 Å². The molecular weight excluding hydrogens is 414 g/mol. The largest absolute Gasteiger partial charge is 0.493 e. The number of halogens is 2. The molecule has 22 heavy (non-hydrogen) atoms. The lowest BCUT2D eigenvalue weighted by Crippen LogP contribution is -1.92. The Morgan fingerprint density at radius 2 is 1.73 bits per heavy atom. The van der Waals surface area contributed by atoms with Crippen LogP contribution in [0.15, 0.2) is 61.6 Å². The number of amides is 1. The number of azo groups is 1. The Balaban J connectivity index is 1.95. The number of rotatable bonds is 2. The highest BCUT2D eigenvalue weighted by molar-refractivity contribution is 9.10. The van der Waals surface area contributed by atoms with Gasteiger partial charge in [0.05, 0.1) is 5.52 Å². The normalized spacial score (nSPS) is 11.4. The van der Waals surface area contributed by atoms with Crippen molar-refractivity contribution in [2.75, 3.05) is 0 Å². The molecule has 0 aliphatic carbocycles. The van der Waals surface area contributed by atoms with Gasteiger partial charge in [-0.25, -0.2) is 0 Å². The van der Waals surface area contributed by atoms with Gasteiger partial charge in [-0.05, 0) is 42.5 Å². The number of H-pyrrole nitrogens is 1. The van der Waals surface area contributed by atoms with Crippen molar-refractivity contribution in [3.05, 3.63) is 57.0 Å². The Kier molecular flexibility index (Phi) is 4.08. The molecule has 0 unspecified atom stereocenters. The van der Waals surface area contributed by atoms with Crippen molar-refractivity contribution in [2.45, 2.75) is 0 Å². The molecule has 0 radical (unpaired) electrons. The summed E-state index contributed by atoms with van der Waals surface area (Å²) in [7, 11) is 0. The molecule has 0 atom stereocenters. The molecule has 1 amide bonds. The predicted octanol–water partition coefficient (Wildman–Crippen LogP) is 5.32. The third kappa shape index (κ3) is 2.95. The van der Waals surface area contributed by atoms with Crippen molar-refractivity contribution in [3.8, 4) is 5.88 Å². The maximum Gasteiger partial charge on any atom is 0.295 e. The smallest absolute Gasteiger partial charge is 0.295 e. The molecule has 110 valence electrons. The van der Waals surface area contributed by atoms with Gasteiger partial charge in [-0.15, -0.1) is 10.2 Å². The molecule has 3 aromatic rings. The predicted molar refractivity (Wildman–Crippen MR) is 90.7 cm³/mol. The number of carbonyl (C=O) groups excluding carboxylic acids is 1. The lowest BCUT2D eigenvalue weighted by atomic mass is 10.2. The van der Waals surface area contributed by atoms with Crippen LogP contribution in [0, 0.1) is 0 Å². The second-order valence-corrected chi connectivity index (χ2v) is 6.36. The molecular formula is C15H9Br2N3O2. The molecule has 3 rings (SSSR count). The summed E-state index contributed by atoms with van der Waals surface area (Å²) in [6, 6.07) is 12.2. The third-order valence-electron chi connectivity index (χ3n) is 3.05. The van der Waals surface area contributed by atoms with Crippen LogP contribution in [0.3, 0.4) is 0 Å². The van der Waals surface area contributed by atoms with Crippen molar-refractivity contribution in [3.63, 3.8) is 0 Å². The first-order valence-electron chi connectivity index (χ1n) is 6.26. The maximum absolute atomic E-state index is 12.0. The number of aromatic nitrogens is 1. The minimum Gasteiger partial charge on any atom is -0.493 e. The highest BCUT2D eigenvalue weighted by Crippen LogP contribution is 2.36. The number of carbonyl (C=O) groups is 1. The van der Waals surface area contributed by atoms with E-state index in [1.54, 1.807) is 36.4 Å². The lowest BCUT2D eigenvalue weighted by molar-refractivity contribution is 0.0995. The number of aromatic amines is 1. The molecule has 0 spiro atoms. The van der Waals surface area contributed by atoms with Gasteiger partial charge in [0.15, 0.2) is 5.69 Å². The molecule has 2 aromatic carbocycles. The van der Waals surface area contributed by atoms with Crippen LogP contribution >= 0.6 is 31.9 Å². The van der Waals surface area contributed by atoms with E-state index in [9.17, 15) is 9.90 Å². The molecule has 0 bridgehead atoms. The van der Waals surface area contributed by atoms with Gasteiger partial charge in [0.25, 0.3) is 5.91 Å². The SMILES string of the molecule is O=C(N=Nc1c(O)[nH]c2ccc(Br)cc12)c1ccc(Br)cc1. The lowest BCUT2D eigenvalue weighted by Gasteiger charge is -1.95. The molecule has 7 heteroatoms. The fourth-order valence-corrected chi connectivity index (χ4v) is 2.61. The number of benzene rings is 2. The molecule has 1 heterocycles. The van der Waals surface area contributed by atoms with Crippen molar-refractivity contribution in [2.24, 2.45) is 10.2 Å². The summed E-state index contributed by atoms with van der Waals surface area (Å²) in [5.41, 5.74) is 1.37. The van der Waals surface area contributed by atoms with Crippen LogP contribution in [-0.4, -0.2) is 16.0 Å². The van der Waals surface area contributed by atoms with Crippen molar-refractivity contribution in [1.82, 2.24) is 4.98 Å². The van der Waals surface area contributed by atoms with Gasteiger partial charge in [0.2, 0.25) is 5.88 Å². The summed E-state index contributed by atoms with van der Waals surface area (Å²) < 4.78 is 1.72. The van der Waals surface area contributed by atoms with Gasteiger partial charge >= 0.3 is 0 Å². The standard InChI is InChI=1S/C15H9Br2N3O2/c16-9-3-1-8(2-4-9)14(21)20-19-13-11-7-10(17)5-6-12(11)18-15(13)22/h1-7,18,22H. The van der Waals surface area contributed by atoms with Crippen LogP contribution in [0.2, 0.25) is 0 Å². The van der Waals surface area contributed by atoms with E-state index in [4.69, 9.17) is 0 Å². The van der Waals surface area contributed by atoms with Crippen LogP contribution in [0.4, 0.5) is 5.69 Å². The minimum atomic E-state index is -0.476. The van der Waals surface area contributed by atoms with Crippen molar-refractivity contribution in [1.29, 1.82) is 0 Å². The Morgan fingerprint density at radius 3 is 2.45 bits per heavy atom. The topological polar surface area (TPSA) is 77.8 Å². The fraction of sp³-hybridized carbons (Fsp3) is 0. The van der Waals surface area contributed by atoms with Crippen LogP contribution in [0.1, 0.15) is 10.4 Å². The zero-order chi connectivity index (χ0) is 15.7. The quantitative estimate of drug-likeness (QED) is 0.548. The number of hydrogen-bond acceptors (Lipinski definition) is 3. The fourth-order valence-electron chi connectivity index (χ4n) is 1.98. The maximum atomic E-state index is 12.0. The summed E-state index contributed by atoms with van der Waals surface area (Å²) in [5, 5.41) is 18.2. The van der Waals surface area contributed by atoms with E-state index < -0.39 is 5.91 Å². The Hall–Kier alpha value is -1.99. The summed E-state index contributed by atoms with van der Waals surface area (Å²) in [5.74, 6) is -0.600. The Morgan fingerprint density at radius 1 is 1.05 bits per heavy atom. The Bertz CT molecular complexity index is 886. The van der Waals surface area contributed by atoms with Crippen LogP contribution in [0.5, 0.6) is 5.88 Å². The summed E-state index contributed by atoms with van der Waals surface area (Å²) in [4.78, 5) is 14.8. The van der Waals surface area contributed by atoms with Crippen molar-refractivity contribution < 1.29 is 9.90 Å². The Labute approximate surface area is 142 Å². The van der Waals surface area contributed by atoms with Gasteiger partial charge in [-0.3, -0.25) is 4.79 Å². The molecule has 0 saturated carbocycles. The zero-order valence-corrected chi connectivity index (χ0v) is 14.2. The van der Waals surface area contributed by atoms with E-state index in [0.717, 1.165) is 8.95 Å². The van der Waals surface area contributed by atoms with E-state index in [0.29, 0.717) is 16.5 Å². The second kappa shape index (κ2) is 6.02. The van der Waals surface area contributed by atoms with E-state index >= 15 is 0 Å². The number of fused-ring (bicyclic) bond motifs is 1. The van der Waals surface area contributed by atoms with Gasteiger partial charge < -0.3 is 10.1 Å². The van der Waals surface area contributed by atoms with Gasteiger partial charge in [-0.2, -0.15) is 0 Å². The highest BCUT2D eigenvalue weighted by Gasteiger charge is 2.12. The van der Waals surface area contributed by atoms with Gasteiger partial charge in [-0.1, -0.05) is 31.9 Å². The molecule has 0 aliphatic heterocycles. The molecule has 5 nitrogen and oxygen atoms in total. The second-order valence-electron chi connectivity index (χ2n) is 4.52. The highest BCUT2D eigenvalue weighted by atomic mass is 79.9. The summed E-state index contributed by atoms with van der Waals surface area (Å²) in [6.07, 6.45) is 0. The van der Waals surface area contributed by atoms with Crippen LogP contribution in [0.25, 0.3) is 10.9 Å². The molecule has 1 aromatic heterocycles. The average molecular weight is 423 g/mol. The van der Waals surface area contributed by atoms with Crippen LogP contribution in [-0.2, 0) is 0 Å². The number of nitrogens with zero attached hydrogens (tertiary/aromatic N) is 2. The van der Waals surface area contributed by atoms with Crippen molar-refractivity contribution >= 4 is 54.4 Å². The molecule has 2 N–H and O–H groups in total. The molecule has 0 fully saturated rings. The third-order valence-corrected chi connectivity index (χ3v) is 4.07. The first-order valence-corrected chi connectivity index (χ1v) is 7.85.